The molecule has 0 aliphatic carbocycles. The molecule has 1 amide bonds. The summed E-state index contributed by atoms with van der Waals surface area (Å²) in [5.41, 5.74) is 0.793. The van der Waals surface area contributed by atoms with Crippen LogP contribution in [0.5, 0.6) is 5.75 Å². The highest BCUT2D eigenvalue weighted by atomic mass is 32.2. The second-order valence-electron chi connectivity index (χ2n) is 6.87. The van der Waals surface area contributed by atoms with Crippen LogP contribution in [0.15, 0.2) is 48.5 Å². The minimum Gasteiger partial charge on any atom is -0.494 e. The second kappa shape index (κ2) is 8.60. The molecule has 8 nitrogen and oxygen atoms in total. The number of non-ortho nitro benzene ring substituents is 1. The van der Waals surface area contributed by atoms with Gasteiger partial charge in [0.15, 0.2) is 9.84 Å². The van der Waals surface area contributed by atoms with Gasteiger partial charge in [0, 0.05) is 30.3 Å². The molecule has 1 saturated heterocycles. The number of ether oxygens (including phenoxy) is 1. The van der Waals surface area contributed by atoms with Gasteiger partial charge in [-0.1, -0.05) is 18.2 Å². The maximum atomic E-state index is 13.2. The van der Waals surface area contributed by atoms with E-state index in [2.05, 4.69) is 0 Å². The predicted molar refractivity (Wildman–Crippen MR) is 108 cm³/mol. The van der Waals surface area contributed by atoms with Crippen molar-refractivity contribution in [1.82, 2.24) is 4.90 Å². The highest BCUT2D eigenvalue weighted by molar-refractivity contribution is 7.91. The smallest absolute Gasteiger partial charge is 0.270 e. The molecular formula is C20H22N2O6S. The largest absolute Gasteiger partial charge is 0.494 e. The van der Waals surface area contributed by atoms with Gasteiger partial charge in [-0.05, 0) is 37.1 Å². The van der Waals surface area contributed by atoms with Gasteiger partial charge < -0.3 is 9.64 Å². The third kappa shape index (κ3) is 5.11. The molecule has 0 saturated carbocycles. The maximum absolute atomic E-state index is 13.2. The van der Waals surface area contributed by atoms with E-state index in [1.807, 2.05) is 19.1 Å². The van der Waals surface area contributed by atoms with Crippen LogP contribution in [0.1, 0.15) is 29.3 Å². The van der Waals surface area contributed by atoms with Gasteiger partial charge in [0.2, 0.25) is 0 Å². The van der Waals surface area contributed by atoms with Crippen LogP contribution in [0.3, 0.4) is 0 Å². The molecule has 1 fully saturated rings. The molecule has 1 atom stereocenters. The van der Waals surface area contributed by atoms with Crippen molar-refractivity contribution < 1.29 is 22.9 Å². The average Bonchev–Trinajstić information content (AvgIpc) is 3.06. The number of nitro benzene ring substituents is 1. The Balaban J connectivity index is 1.89. The molecule has 0 spiro atoms. The minimum absolute atomic E-state index is 0.0274. The van der Waals surface area contributed by atoms with Crippen LogP contribution in [-0.2, 0) is 16.4 Å². The quantitative estimate of drug-likeness (QED) is 0.505. The van der Waals surface area contributed by atoms with Crippen molar-refractivity contribution in [2.24, 2.45) is 0 Å². The molecule has 0 bridgehead atoms. The lowest BCUT2D eigenvalue weighted by Gasteiger charge is -2.28. The number of carbonyl (C=O) groups is 1. The number of sulfone groups is 1. The Morgan fingerprint density at radius 2 is 1.97 bits per heavy atom. The summed E-state index contributed by atoms with van der Waals surface area (Å²) in [6.45, 7) is 2.62. The zero-order valence-corrected chi connectivity index (χ0v) is 16.8. The van der Waals surface area contributed by atoms with E-state index in [0.29, 0.717) is 18.8 Å². The molecule has 9 heteroatoms. The molecule has 29 heavy (non-hydrogen) atoms. The van der Waals surface area contributed by atoms with Crippen molar-refractivity contribution in [1.29, 1.82) is 0 Å². The number of carbonyl (C=O) groups excluding carboxylic acids is 1. The van der Waals surface area contributed by atoms with E-state index >= 15 is 0 Å². The van der Waals surface area contributed by atoms with Crippen molar-refractivity contribution in [3.63, 3.8) is 0 Å². The predicted octanol–water partition coefficient (Wildman–Crippen LogP) is 2.82. The first kappa shape index (κ1) is 20.8. The Hall–Kier alpha value is -2.94. The lowest BCUT2D eigenvalue weighted by atomic mass is 10.1. The molecule has 1 aliphatic heterocycles. The van der Waals surface area contributed by atoms with E-state index in [9.17, 15) is 23.3 Å². The second-order valence-corrected chi connectivity index (χ2v) is 9.10. The molecule has 1 unspecified atom stereocenters. The van der Waals surface area contributed by atoms with E-state index in [1.165, 1.54) is 29.2 Å². The van der Waals surface area contributed by atoms with Crippen LogP contribution in [-0.4, -0.2) is 48.3 Å². The van der Waals surface area contributed by atoms with Gasteiger partial charge in [-0.15, -0.1) is 0 Å². The first-order valence-electron chi connectivity index (χ1n) is 9.26. The Labute approximate surface area is 169 Å². The fraction of sp³-hybridized carbons (Fsp3) is 0.350. The van der Waals surface area contributed by atoms with Crippen molar-refractivity contribution in [3.05, 3.63) is 69.8 Å². The molecule has 2 aromatic carbocycles. The molecule has 3 rings (SSSR count). The van der Waals surface area contributed by atoms with Gasteiger partial charge in [0.05, 0.1) is 23.0 Å². The lowest BCUT2D eigenvalue weighted by Crippen LogP contribution is -2.40. The zero-order chi connectivity index (χ0) is 21.0. The number of hydrogen-bond acceptors (Lipinski definition) is 6. The van der Waals surface area contributed by atoms with Gasteiger partial charge in [0.1, 0.15) is 5.75 Å². The van der Waals surface area contributed by atoms with E-state index in [4.69, 9.17) is 4.74 Å². The molecular weight excluding hydrogens is 396 g/mol. The summed E-state index contributed by atoms with van der Waals surface area (Å²) in [5, 5.41) is 11.1. The fourth-order valence-electron chi connectivity index (χ4n) is 3.36. The summed E-state index contributed by atoms with van der Waals surface area (Å²) < 4.78 is 29.4. The SMILES string of the molecule is CCOc1ccc(CN(C(=O)c2cccc([N+](=O)[O-])c2)C2CCS(=O)(=O)C2)cc1. The van der Waals surface area contributed by atoms with Gasteiger partial charge in [0.25, 0.3) is 11.6 Å². The van der Waals surface area contributed by atoms with Gasteiger partial charge in [-0.25, -0.2) is 8.42 Å². The average molecular weight is 418 g/mol. The number of nitro groups is 1. The third-order valence-corrected chi connectivity index (χ3v) is 6.55. The number of nitrogens with zero attached hydrogens (tertiary/aromatic N) is 2. The third-order valence-electron chi connectivity index (χ3n) is 4.80. The summed E-state index contributed by atoms with van der Waals surface area (Å²) in [6, 6.07) is 12.2. The Morgan fingerprint density at radius 1 is 1.24 bits per heavy atom. The van der Waals surface area contributed by atoms with Gasteiger partial charge in [-0.2, -0.15) is 0 Å². The van der Waals surface area contributed by atoms with Crippen LogP contribution < -0.4 is 4.74 Å². The fourth-order valence-corrected chi connectivity index (χ4v) is 5.09. The first-order chi connectivity index (χ1) is 13.8. The topological polar surface area (TPSA) is 107 Å². The monoisotopic (exact) mass is 418 g/mol. The molecule has 0 radical (unpaired) electrons. The number of benzene rings is 2. The zero-order valence-electron chi connectivity index (χ0n) is 16.0. The van der Waals surface area contributed by atoms with Crippen LogP contribution in [0.2, 0.25) is 0 Å². The van der Waals surface area contributed by atoms with Crippen LogP contribution in [0.4, 0.5) is 5.69 Å². The lowest BCUT2D eigenvalue weighted by molar-refractivity contribution is -0.384. The number of amides is 1. The van der Waals surface area contributed by atoms with E-state index in [1.54, 1.807) is 12.1 Å². The highest BCUT2D eigenvalue weighted by Gasteiger charge is 2.35. The number of hydrogen-bond donors (Lipinski definition) is 0. The van der Waals surface area contributed by atoms with Crippen molar-refractivity contribution >= 4 is 21.4 Å². The standard InChI is InChI=1S/C20H22N2O6S/c1-2-28-19-8-6-15(7-9-19)13-21(18-10-11-29(26,27)14-18)20(23)16-4-3-5-17(12-16)22(24)25/h3-9,12,18H,2,10-11,13-14H2,1H3. The summed E-state index contributed by atoms with van der Waals surface area (Å²) in [4.78, 5) is 25.2. The molecule has 2 aromatic rings. The van der Waals surface area contributed by atoms with Crippen molar-refractivity contribution in [3.8, 4) is 5.75 Å². The highest BCUT2D eigenvalue weighted by Crippen LogP contribution is 2.24. The number of rotatable bonds is 7. The Kier molecular flexibility index (Phi) is 6.17. The molecule has 0 N–H and O–H groups in total. The van der Waals surface area contributed by atoms with Crippen molar-refractivity contribution in [2.45, 2.75) is 25.9 Å². The van der Waals surface area contributed by atoms with Gasteiger partial charge >= 0.3 is 0 Å². The Bertz CT molecular complexity index is 1000. The normalized spacial score (nSPS) is 17.6. The van der Waals surface area contributed by atoms with Crippen LogP contribution in [0, 0.1) is 10.1 Å². The Morgan fingerprint density at radius 3 is 2.55 bits per heavy atom. The molecule has 1 aliphatic rings. The van der Waals surface area contributed by atoms with Crippen LogP contribution >= 0.6 is 0 Å². The van der Waals surface area contributed by atoms with E-state index in [0.717, 1.165) is 5.56 Å². The summed E-state index contributed by atoms with van der Waals surface area (Å²) >= 11 is 0. The van der Waals surface area contributed by atoms with Crippen LogP contribution in [0.25, 0.3) is 0 Å². The molecule has 0 aromatic heterocycles. The van der Waals surface area contributed by atoms with E-state index in [-0.39, 0.29) is 29.3 Å². The molecule has 1 heterocycles. The van der Waals surface area contributed by atoms with Crippen molar-refractivity contribution in [2.75, 3.05) is 18.1 Å². The summed E-state index contributed by atoms with van der Waals surface area (Å²) in [6.07, 6.45) is 0.347. The summed E-state index contributed by atoms with van der Waals surface area (Å²) in [7, 11) is -3.21. The minimum atomic E-state index is -3.21. The first-order valence-corrected chi connectivity index (χ1v) is 11.1. The maximum Gasteiger partial charge on any atom is 0.270 e. The summed E-state index contributed by atoms with van der Waals surface area (Å²) in [5.74, 6) is 0.200. The van der Waals surface area contributed by atoms with E-state index < -0.39 is 26.7 Å². The van der Waals surface area contributed by atoms with Gasteiger partial charge in [-0.3, -0.25) is 14.9 Å². The molecule has 154 valence electrons.